The molecule has 0 aliphatic heterocycles. The molecule has 0 aliphatic rings. The maximum atomic E-state index is 13.0. The Morgan fingerprint density at radius 1 is 1.19 bits per heavy atom. The quantitative estimate of drug-likeness (QED) is 0.447. The third kappa shape index (κ3) is 4.89. The Kier molecular flexibility index (Phi) is 5.77. The lowest BCUT2D eigenvalue weighted by Gasteiger charge is -2.17. The third-order valence-electron chi connectivity index (χ3n) is 3.65. The maximum absolute atomic E-state index is 13.0. The Balaban J connectivity index is 1.89. The van der Waals surface area contributed by atoms with E-state index in [2.05, 4.69) is 15.3 Å². The molecule has 1 amide bonds. The number of H-pyrrole nitrogens is 1. The fourth-order valence-electron chi connectivity index (χ4n) is 2.43. The predicted molar refractivity (Wildman–Crippen MR) is 106 cm³/mol. The van der Waals surface area contributed by atoms with Gasteiger partial charge in [0, 0.05) is 17.8 Å². The van der Waals surface area contributed by atoms with E-state index in [1.165, 1.54) is 6.07 Å². The minimum Gasteiger partial charge on any atom is -0.497 e. The van der Waals surface area contributed by atoms with Crippen LogP contribution in [0.15, 0.2) is 70.6 Å². The highest BCUT2D eigenvalue weighted by molar-refractivity contribution is 8.00. The molecule has 8 heteroatoms. The van der Waals surface area contributed by atoms with Crippen LogP contribution in [0.25, 0.3) is 0 Å². The summed E-state index contributed by atoms with van der Waals surface area (Å²) in [5.74, 6) is 0.476. The van der Waals surface area contributed by atoms with Gasteiger partial charge in [0.15, 0.2) is 5.16 Å². The first-order valence-electron chi connectivity index (χ1n) is 8.08. The number of aromatic nitrogens is 2. The van der Waals surface area contributed by atoms with Gasteiger partial charge in [0.2, 0.25) is 5.91 Å². The molecule has 2 aromatic carbocycles. The molecule has 27 heavy (non-hydrogen) atoms. The molecule has 1 aromatic heterocycles. The van der Waals surface area contributed by atoms with Crippen LogP contribution in [0.1, 0.15) is 10.8 Å². The fourth-order valence-corrected chi connectivity index (χ4v) is 3.43. The van der Waals surface area contributed by atoms with Crippen molar-refractivity contribution in [1.82, 2.24) is 9.97 Å². The number of rotatable bonds is 6. The second kappa shape index (κ2) is 8.41. The molecule has 3 aromatic rings. The zero-order chi connectivity index (χ0) is 19.2. The molecule has 3 rings (SSSR count). The van der Waals surface area contributed by atoms with Crippen molar-refractivity contribution in [2.24, 2.45) is 0 Å². The van der Waals surface area contributed by atoms with E-state index in [4.69, 9.17) is 10.5 Å². The predicted octanol–water partition coefficient (Wildman–Crippen LogP) is 2.83. The number of hydrogen-bond donors (Lipinski definition) is 3. The molecular formula is C19H18N4O3S. The van der Waals surface area contributed by atoms with Gasteiger partial charge in [-0.05, 0) is 17.7 Å². The van der Waals surface area contributed by atoms with E-state index < -0.39 is 5.25 Å². The number of carbonyl (C=O) groups is 1. The highest BCUT2D eigenvalue weighted by Crippen LogP contribution is 2.34. The van der Waals surface area contributed by atoms with Crippen LogP contribution in [0.2, 0.25) is 0 Å². The van der Waals surface area contributed by atoms with Crippen LogP contribution in [0.4, 0.5) is 11.5 Å². The van der Waals surface area contributed by atoms with Crippen molar-refractivity contribution in [3.8, 4) is 5.75 Å². The van der Waals surface area contributed by atoms with Crippen molar-refractivity contribution in [2.45, 2.75) is 10.4 Å². The number of hydrogen-bond acceptors (Lipinski definition) is 6. The summed E-state index contributed by atoms with van der Waals surface area (Å²) in [6, 6.07) is 17.5. The summed E-state index contributed by atoms with van der Waals surface area (Å²) >= 11 is 1.12. The van der Waals surface area contributed by atoms with Gasteiger partial charge in [-0.3, -0.25) is 9.59 Å². The zero-order valence-electron chi connectivity index (χ0n) is 14.5. The van der Waals surface area contributed by atoms with Crippen molar-refractivity contribution < 1.29 is 9.53 Å². The normalized spacial score (nSPS) is 11.6. The summed E-state index contributed by atoms with van der Waals surface area (Å²) < 4.78 is 5.18. The Hall–Kier alpha value is -3.26. The number of methoxy groups -OCH3 is 1. The first-order valence-corrected chi connectivity index (χ1v) is 8.96. The van der Waals surface area contributed by atoms with Gasteiger partial charge in [0.1, 0.15) is 16.8 Å². The Labute approximate surface area is 160 Å². The highest BCUT2D eigenvalue weighted by Gasteiger charge is 2.23. The molecule has 0 saturated carbocycles. The molecular weight excluding hydrogens is 364 g/mol. The lowest BCUT2D eigenvalue weighted by molar-refractivity contribution is -0.115. The lowest BCUT2D eigenvalue weighted by atomic mass is 10.1. The van der Waals surface area contributed by atoms with E-state index in [0.717, 1.165) is 17.3 Å². The topological polar surface area (TPSA) is 110 Å². The molecule has 0 radical (unpaired) electrons. The van der Waals surface area contributed by atoms with Gasteiger partial charge in [-0.15, -0.1) is 0 Å². The summed E-state index contributed by atoms with van der Waals surface area (Å²) in [5.41, 5.74) is 6.65. The monoisotopic (exact) mass is 382 g/mol. The van der Waals surface area contributed by atoms with Crippen LogP contribution in [0.3, 0.4) is 0 Å². The number of carbonyl (C=O) groups excluding carboxylic acids is 1. The van der Waals surface area contributed by atoms with Crippen molar-refractivity contribution in [3.63, 3.8) is 0 Å². The molecule has 7 nitrogen and oxygen atoms in total. The second-order valence-corrected chi connectivity index (χ2v) is 6.70. The van der Waals surface area contributed by atoms with Gasteiger partial charge in [-0.25, -0.2) is 4.98 Å². The van der Waals surface area contributed by atoms with Gasteiger partial charge < -0.3 is 20.8 Å². The van der Waals surface area contributed by atoms with E-state index in [0.29, 0.717) is 11.4 Å². The van der Waals surface area contributed by atoms with Gasteiger partial charge in [0.05, 0.1) is 7.11 Å². The first kappa shape index (κ1) is 18.5. The van der Waals surface area contributed by atoms with E-state index in [-0.39, 0.29) is 22.4 Å². The summed E-state index contributed by atoms with van der Waals surface area (Å²) in [6.45, 7) is 0. The van der Waals surface area contributed by atoms with Crippen molar-refractivity contribution in [3.05, 3.63) is 76.6 Å². The van der Waals surface area contributed by atoms with Gasteiger partial charge in [-0.1, -0.05) is 48.2 Å². The third-order valence-corrected chi connectivity index (χ3v) is 4.79. The van der Waals surface area contributed by atoms with Crippen LogP contribution >= 0.6 is 11.8 Å². The zero-order valence-corrected chi connectivity index (χ0v) is 15.3. The summed E-state index contributed by atoms with van der Waals surface area (Å²) in [5, 5.41) is 2.51. The Bertz CT molecular complexity index is 991. The van der Waals surface area contributed by atoms with Crippen molar-refractivity contribution >= 4 is 29.2 Å². The van der Waals surface area contributed by atoms with Gasteiger partial charge in [0.25, 0.3) is 5.56 Å². The summed E-state index contributed by atoms with van der Waals surface area (Å²) in [4.78, 5) is 31.3. The van der Waals surface area contributed by atoms with Crippen LogP contribution < -0.4 is 21.3 Å². The standard InChI is InChI=1S/C19H18N4O3S/c1-26-14-9-5-8-13(10-14)21-18(25)17(12-6-3-2-4-7-12)27-19-22-15(20)11-16(24)23-19/h2-11,17H,1H3,(H,21,25)(H3,20,22,23,24). The number of thioether (sulfide) groups is 1. The first-order chi connectivity index (χ1) is 13.0. The molecule has 0 aliphatic carbocycles. The SMILES string of the molecule is COc1cccc(NC(=O)C(Sc2nc(N)cc(=O)[nH]2)c2ccccc2)c1. The summed E-state index contributed by atoms with van der Waals surface area (Å²) in [6.07, 6.45) is 0. The number of benzene rings is 2. The molecule has 0 fully saturated rings. The van der Waals surface area contributed by atoms with Gasteiger partial charge >= 0.3 is 0 Å². The van der Waals surface area contributed by atoms with Gasteiger partial charge in [-0.2, -0.15) is 0 Å². The highest BCUT2D eigenvalue weighted by atomic mass is 32.2. The average Bonchev–Trinajstić information content (AvgIpc) is 2.66. The molecule has 0 saturated heterocycles. The summed E-state index contributed by atoms with van der Waals surface area (Å²) in [7, 11) is 1.56. The molecule has 0 bridgehead atoms. The minimum atomic E-state index is -0.637. The Morgan fingerprint density at radius 3 is 2.67 bits per heavy atom. The number of ether oxygens (including phenoxy) is 1. The smallest absolute Gasteiger partial charge is 0.253 e. The van der Waals surface area contributed by atoms with E-state index in [1.54, 1.807) is 31.4 Å². The van der Waals surface area contributed by atoms with Crippen LogP contribution in [-0.4, -0.2) is 23.0 Å². The van der Waals surface area contributed by atoms with Crippen molar-refractivity contribution in [2.75, 3.05) is 18.2 Å². The molecule has 1 atom stereocenters. The molecule has 0 spiro atoms. The number of aromatic amines is 1. The largest absolute Gasteiger partial charge is 0.497 e. The number of amides is 1. The average molecular weight is 382 g/mol. The minimum absolute atomic E-state index is 0.0984. The molecule has 138 valence electrons. The van der Waals surface area contributed by atoms with E-state index in [1.807, 2.05) is 30.3 Å². The number of nitrogens with zero attached hydrogens (tertiary/aromatic N) is 1. The number of nitrogen functional groups attached to an aromatic ring is 1. The molecule has 1 heterocycles. The second-order valence-electron chi connectivity index (χ2n) is 5.61. The molecule has 1 unspecified atom stereocenters. The van der Waals surface area contributed by atoms with Crippen LogP contribution in [-0.2, 0) is 4.79 Å². The number of anilines is 2. The fraction of sp³-hybridized carbons (Fsp3) is 0.105. The number of nitrogens with one attached hydrogen (secondary N) is 2. The van der Waals surface area contributed by atoms with Crippen LogP contribution in [0.5, 0.6) is 5.75 Å². The number of nitrogens with two attached hydrogens (primary N) is 1. The van der Waals surface area contributed by atoms with Crippen LogP contribution in [0, 0.1) is 0 Å². The van der Waals surface area contributed by atoms with E-state index >= 15 is 0 Å². The van der Waals surface area contributed by atoms with Crippen molar-refractivity contribution in [1.29, 1.82) is 0 Å². The van der Waals surface area contributed by atoms with E-state index in [9.17, 15) is 9.59 Å². The molecule has 4 N–H and O–H groups in total. The Morgan fingerprint density at radius 2 is 1.96 bits per heavy atom. The lowest BCUT2D eigenvalue weighted by Crippen LogP contribution is -2.20. The maximum Gasteiger partial charge on any atom is 0.253 e.